The Labute approximate surface area is 123 Å². The lowest BCUT2D eigenvalue weighted by Gasteiger charge is -2.19. The van der Waals surface area contributed by atoms with Crippen LogP contribution in [0.5, 0.6) is 5.75 Å². The molecule has 3 heteroatoms. The first-order valence-electron chi connectivity index (χ1n) is 7.56. The third kappa shape index (κ3) is 6.92. The number of ether oxygens (including phenoxy) is 2. The second kappa shape index (κ2) is 8.98. The van der Waals surface area contributed by atoms with Crippen molar-refractivity contribution in [1.29, 1.82) is 0 Å². The van der Waals surface area contributed by atoms with E-state index < -0.39 is 0 Å². The predicted octanol–water partition coefficient (Wildman–Crippen LogP) is 3.38. The van der Waals surface area contributed by atoms with Gasteiger partial charge in [-0.05, 0) is 43.0 Å². The molecule has 3 nitrogen and oxygen atoms in total. The molecule has 0 bridgehead atoms. The van der Waals surface area contributed by atoms with Gasteiger partial charge in [-0.25, -0.2) is 0 Å². The molecule has 1 aromatic rings. The Morgan fingerprint density at radius 2 is 1.90 bits per heavy atom. The van der Waals surface area contributed by atoms with Crippen LogP contribution in [0.25, 0.3) is 0 Å². The summed E-state index contributed by atoms with van der Waals surface area (Å²) < 4.78 is 11.1. The summed E-state index contributed by atoms with van der Waals surface area (Å²) in [6.07, 6.45) is 1.05. The molecule has 0 heterocycles. The predicted molar refractivity (Wildman–Crippen MR) is 84.6 cm³/mol. The zero-order valence-corrected chi connectivity index (χ0v) is 13.4. The van der Waals surface area contributed by atoms with Gasteiger partial charge in [0.15, 0.2) is 0 Å². The van der Waals surface area contributed by atoms with Crippen LogP contribution < -0.4 is 10.1 Å². The Hall–Kier alpha value is -1.06. The first-order chi connectivity index (χ1) is 9.54. The Bertz CT molecular complexity index is 371. The lowest BCUT2D eigenvalue weighted by Crippen LogP contribution is -2.23. The summed E-state index contributed by atoms with van der Waals surface area (Å²) in [7, 11) is 0. The van der Waals surface area contributed by atoms with E-state index in [0.29, 0.717) is 6.61 Å². The molecule has 0 saturated carbocycles. The molecular formula is C17H29NO2. The molecule has 114 valence electrons. The molecule has 0 amide bonds. The van der Waals surface area contributed by atoms with Crippen molar-refractivity contribution in [1.82, 2.24) is 5.32 Å². The maximum Gasteiger partial charge on any atom is 0.119 e. The van der Waals surface area contributed by atoms with Crippen molar-refractivity contribution in [3.8, 4) is 5.75 Å². The molecule has 0 atom stereocenters. The van der Waals surface area contributed by atoms with E-state index in [9.17, 15) is 0 Å². The summed E-state index contributed by atoms with van der Waals surface area (Å²) in [6, 6.07) is 8.36. The minimum atomic E-state index is 0.164. The number of rotatable bonds is 9. The molecule has 0 saturated heterocycles. The molecule has 20 heavy (non-hydrogen) atoms. The van der Waals surface area contributed by atoms with E-state index in [2.05, 4.69) is 44.3 Å². The summed E-state index contributed by atoms with van der Waals surface area (Å²) in [5, 5.41) is 3.35. The van der Waals surface area contributed by atoms with Gasteiger partial charge in [-0.1, -0.05) is 32.9 Å². The van der Waals surface area contributed by atoms with Crippen molar-refractivity contribution < 1.29 is 9.47 Å². The molecule has 1 rings (SSSR count). The van der Waals surface area contributed by atoms with Gasteiger partial charge in [0.25, 0.3) is 0 Å². The quantitative estimate of drug-likeness (QED) is 0.703. The van der Waals surface area contributed by atoms with Gasteiger partial charge in [0.2, 0.25) is 0 Å². The van der Waals surface area contributed by atoms with Crippen LogP contribution in [0.2, 0.25) is 0 Å². The van der Waals surface area contributed by atoms with Crippen molar-refractivity contribution in [3.05, 3.63) is 29.8 Å². The normalized spacial score (nSPS) is 11.6. The summed E-state index contributed by atoms with van der Waals surface area (Å²) in [4.78, 5) is 0. The van der Waals surface area contributed by atoms with Crippen LogP contribution >= 0.6 is 0 Å². The summed E-state index contributed by atoms with van der Waals surface area (Å²) in [5.41, 5.74) is 1.47. The Balaban J connectivity index is 2.19. The van der Waals surface area contributed by atoms with Gasteiger partial charge >= 0.3 is 0 Å². The molecule has 0 radical (unpaired) electrons. The average molecular weight is 279 g/mol. The van der Waals surface area contributed by atoms with Gasteiger partial charge < -0.3 is 14.8 Å². The number of hydrogen-bond acceptors (Lipinski definition) is 3. The van der Waals surface area contributed by atoms with Crippen LogP contribution in [-0.2, 0) is 10.2 Å². The van der Waals surface area contributed by atoms with E-state index >= 15 is 0 Å². The summed E-state index contributed by atoms with van der Waals surface area (Å²) in [5.74, 6) is 0.952. The lowest BCUT2D eigenvalue weighted by atomic mass is 9.87. The van der Waals surface area contributed by atoms with E-state index in [0.717, 1.165) is 38.5 Å². The summed E-state index contributed by atoms with van der Waals surface area (Å²) >= 11 is 0. The molecule has 1 N–H and O–H groups in total. The highest BCUT2D eigenvalue weighted by Crippen LogP contribution is 2.25. The van der Waals surface area contributed by atoms with E-state index in [1.165, 1.54) is 5.56 Å². The second-order valence-electron chi connectivity index (χ2n) is 5.93. The van der Waals surface area contributed by atoms with Crippen molar-refractivity contribution in [2.75, 3.05) is 32.9 Å². The van der Waals surface area contributed by atoms with Crippen molar-refractivity contribution in [2.24, 2.45) is 0 Å². The molecule has 0 aromatic heterocycles. The first kappa shape index (κ1) is 17.0. The number of hydrogen-bond donors (Lipinski definition) is 1. The molecule has 0 aliphatic heterocycles. The van der Waals surface area contributed by atoms with Gasteiger partial charge in [0.05, 0.1) is 0 Å². The Morgan fingerprint density at radius 3 is 2.60 bits per heavy atom. The fourth-order valence-electron chi connectivity index (χ4n) is 1.86. The zero-order valence-electron chi connectivity index (χ0n) is 13.4. The van der Waals surface area contributed by atoms with Crippen molar-refractivity contribution in [2.45, 2.75) is 39.5 Å². The number of nitrogens with one attached hydrogen (secondary N) is 1. The van der Waals surface area contributed by atoms with Gasteiger partial charge in [-0.3, -0.25) is 0 Å². The van der Waals surface area contributed by atoms with Crippen molar-refractivity contribution in [3.63, 3.8) is 0 Å². The molecule has 0 aliphatic carbocycles. The van der Waals surface area contributed by atoms with E-state index in [1.54, 1.807) is 0 Å². The highest BCUT2D eigenvalue weighted by atomic mass is 16.5. The molecule has 0 spiro atoms. The molecule has 0 aliphatic rings. The van der Waals surface area contributed by atoms with E-state index in [1.807, 2.05) is 13.0 Å². The summed E-state index contributed by atoms with van der Waals surface area (Å²) in [6.45, 7) is 12.8. The Kier molecular flexibility index (Phi) is 7.63. The minimum Gasteiger partial charge on any atom is -0.492 e. The van der Waals surface area contributed by atoms with Gasteiger partial charge in [-0.15, -0.1) is 0 Å². The van der Waals surface area contributed by atoms with Crippen LogP contribution in [0.3, 0.4) is 0 Å². The maximum absolute atomic E-state index is 5.78. The molecule has 0 unspecified atom stereocenters. The Morgan fingerprint density at radius 1 is 1.10 bits per heavy atom. The van der Waals surface area contributed by atoms with E-state index in [-0.39, 0.29) is 5.41 Å². The fourth-order valence-corrected chi connectivity index (χ4v) is 1.86. The topological polar surface area (TPSA) is 30.5 Å². The van der Waals surface area contributed by atoms with Gasteiger partial charge in [0.1, 0.15) is 12.4 Å². The van der Waals surface area contributed by atoms with Crippen LogP contribution in [0.4, 0.5) is 0 Å². The van der Waals surface area contributed by atoms with Crippen molar-refractivity contribution >= 4 is 0 Å². The zero-order chi connectivity index (χ0) is 14.8. The highest BCUT2D eigenvalue weighted by molar-refractivity contribution is 5.32. The smallest absolute Gasteiger partial charge is 0.119 e. The standard InChI is InChI=1S/C17H29NO2/c1-5-19-12-7-10-18-11-13-20-16-9-6-8-15(14-16)17(2,3)4/h6,8-9,14,18H,5,7,10-13H2,1-4H3. The average Bonchev–Trinajstić information content (AvgIpc) is 2.41. The molecular weight excluding hydrogens is 250 g/mol. The number of benzene rings is 1. The second-order valence-corrected chi connectivity index (χ2v) is 5.93. The van der Waals surface area contributed by atoms with Crippen LogP contribution in [0.1, 0.15) is 39.7 Å². The van der Waals surface area contributed by atoms with Crippen LogP contribution in [-0.4, -0.2) is 32.9 Å². The largest absolute Gasteiger partial charge is 0.492 e. The third-order valence-corrected chi connectivity index (χ3v) is 3.09. The van der Waals surface area contributed by atoms with Gasteiger partial charge in [-0.2, -0.15) is 0 Å². The monoisotopic (exact) mass is 279 g/mol. The lowest BCUT2D eigenvalue weighted by molar-refractivity contribution is 0.144. The fraction of sp³-hybridized carbons (Fsp3) is 0.647. The highest BCUT2D eigenvalue weighted by Gasteiger charge is 2.13. The molecule has 0 fully saturated rings. The minimum absolute atomic E-state index is 0.164. The maximum atomic E-state index is 5.78. The SMILES string of the molecule is CCOCCCNCCOc1cccc(C(C)(C)C)c1. The third-order valence-electron chi connectivity index (χ3n) is 3.09. The van der Waals surface area contributed by atoms with Crippen LogP contribution in [0, 0.1) is 0 Å². The molecule has 1 aromatic carbocycles. The first-order valence-corrected chi connectivity index (χ1v) is 7.56. The van der Waals surface area contributed by atoms with E-state index in [4.69, 9.17) is 9.47 Å². The van der Waals surface area contributed by atoms with Crippen LogP contribution in [0.15, 0.2) is 24.3 Å². The van der Waals surface area contributed by atoms with Gasteiger partial charge in [0, 0.05) is 19.8 Å².